The summed E-state index contributed by atoms with van der Waals surface area (Å²) in [6, 6.07) is 8.05. The van der Waals surface area contributed by atoms with E-state index in [0.29, 0.717) is 38.0 Å². The summed E-state index contributed by atoms with van der Waals surface area (Å²) >= 11 is 0. The minimum atomic E-state index is -4.70. The van der Waals surface area contributed by atoms with Gasteiger partial charge in [-0.3, -0.25) is 9.69 Å². The fourth-order valence-electron chi connectivity index (χ4n) is 3.30. The Morgan fingerprint density at radius 3 is 2.23 bits per heavy atom. The smallest absolute Gasteiger partial charge is 0.341 e. The number of rotatable bonds is 6. The van der Waals surface area contributed by atoms with Crippen LogP contribution in [0.25, 0.3) is 0 Å². The molecule has 1 aliphatic rings. The van der Waals surface area contributed by atoms with Gasteiger partial charge in [0.15, 0.2) is 11.6 Å². The van der Waals surface area contributed by atoms with E-state index in [0.717, 1.165) is 18.2 Å². The third kappa shape index (κ3) is 5.17. The molecule has 3 rings (SSSR count). The molecule has 0 bridgehead atoms. The number of alkyl halides is 2. The fourth-order valence-corrected chi connectivity index (χ4v) is 4.02. The lowest BCUT2D eigenvalue weighted by Crippen LogP contribution is -2.44. The molecule has 30 heavy (non-hydrogen) atoms. The number of nitrogens with one attached hydrogen (secondary N) is 1. The Morgan fingerprint density at radius 1 is 1.03 bits per heavy atom. The van der Waals surface area contributed by atoms with Crippen LogP contribution in [0.15, 0.2) is 47.4 Å². The molecular weight excluding hydrogens is 424 g/mol. The molecule has 162 valence electrons. The summed E-state index contributed by atoms with van der Waals surface area (Å²) in [6.07, 6.45) is 1.29. The first-order valence-electron chi connectivity index (χ1n) is 9.26. The van der Waals surface area contributed by atoms with Crippen LogP contribution in [0, 0.1) is 11.6 Å². The van der Waals surface area contributed by atoms with Gasteiger partial charge in [-0.05, 0) is 54.8 Å². The molecule has 0 radical (unpaired) electrons. The van der Waals surface area contributed by atoms with Gasteiger partial charge in [-0.1, -0.05) is 6.07 Å². The minimum Gasteiger partial charge on any atom is -0.349 e. The van der Waals surface area contributed by atoms with E-state index < -0.39 is 38.0 Å². The molecule has 1 fully saturated rings. The molecule has 1 N–H and O–H groups in total. The number of sulfone groups is 1. The standard InChI is InChI=1S/C20H20F4N2O3S/c21-17-6-1-13(11-18(17)22)12-26-9-7-15(8-10-26)25-19(27)14-2-4-16(5-3-14)30(28,29)20(23)24/h1-6,11,15,20H,7-10,12H2,(H,25,27). The van der Waals surface area contributed by atoms with Gasteiger partial charge in [0.05, 0.1) is 4.90 Å². The first kappa shape index (κ1) is 22.2. The number of benzene rings is 2. The van der Waals surface area contributed by atoms with Crippen molar-refractivity contribution in [1.29, 1.82) is 0 Å². The van der Waals surface area contributed by atoms with Crippen LogP contribution < -0.4 is 5.32 Å². The number of nitrogens with zero attached hydrogens (tertiary/aromatic N) is 1. The number of likely N-dealkylation sites (tertiary alicyclic amines) is 1. The van der Waals surface area contributed by atoms with Crippen molar-refractivity contribution in [3.8, 4) is 0 Å². The largest absolute Gasteiger partial charge is 0.349 e. The highest BCUT2D eigenvalue weighted by Crippen LogP contribution is 2.19. The molecule has 0 unspecified atom stereocenters. The number of halogens is 4. The SMILES string of the molecule is O=C(NC1CCN(Cc2ccc(F)c(F)c2)CC1)c1ccc(S(=O)(=O)C(F)F)cc1. The van der Waals surface area contributed by atoms with Crippen molar-refractivity contribution in [2.24, 2.45) is 0 Å². The molecule has 1 aliphatic heterocycles. The topological polar surface area (TPSA) is 66.5 Å². The summed E-state index contributed by atoms with van der Waals surface area (Å²) < 4.78 is 74.3. The predicted molar refractivity (Wildman–Crippen MR) is 102 cm³/mol. The van der Waals surface area contributed by atoms with Gasteiger partial charge in [-0.2, -0.15) is 8.78 Å². The third-order valence-corrected chi connectivity index (χ3v) is 6.39. The number of carbonyl (C=O) groups excluding carboxylic acids is 1. The Labute approximate surface area is 171 Å². The highest BCUT2D eigenvalue weighted by Gasteiger charge is 2.27. The van der Waals surface area contributed by atoms with Crippen LogP contribution in [0.3, 0.4) is 0 Å². The van der Waals surface area contributed by atoms with Crippen molar-refractivity contribution < 1.29 is 30.8 Å². The molecule has 2 aromatic rings. The van der Waals surface area contributed by atoms with Gasteiger partial charge < -0.3 is 5.32 Å². The predicted octanol–water partition coefficient (Wildman–Crippen LogP) is 3.36. The molecule has 0 saturated carbocycles. The first-order chi connectivity index (χ1) is 14.2. The lowest BCUT2D eigenvalue weighted by molar-refractivity contribution is 0.0908. The zero-order chi connectivity index (χ0) is 21.9. The van der Waals surface area contributed by atoms with Crippen LogP contribution >= 0.6 is 0 Å². The van der Waals surface area contributed by atoms with E-state index in [-0.39, 0.29) is 11.6 Å². The van der Waals surface area contributed by atoms with Crippen LogP contribution in [0.1, 0.15) is 28.8 Å². The number of amides is 1. The van der Waals surface area contributed by atoms with E-state index in [1.807, 2.05) is 0 Å². The molecule has 0 aliphatic carbocycles. The van der Waals surface area contributed by atoms with E-state index in [4.69, 9.17) is 0 Å². The monoisotopic (exact) mass is 444 g/mol. The summed E-state index contributed by atoms with van der Waals surface area (Å²) in [6.45, 7) is 1.77. The quantitative estimate of drug-likeness (QED) is 0.694. The Hall–Kier alpha value is -2.46. The second-order valence-corrected chi connectivity index (χ2v) is 9.02. The molecule has 0 aromatic heterocycles. The number of hydrogen-bond donors (Lipinski definition) is 1. The van der Waals surface area contributed by atoms with E-state index in [1.165, 1.54) is 24.3 Å². The maximum Gasteiger partial charge on any atom is 0.341 e. The molecule has 0 atom stereocenters. The van der Waals surface area contributed by atoms with Crippen LogP contribution in [0.5, 0.6) is 0 Å². The molecule has 1 saturated heterocycles. The van der Waals surface area contributed by atoms with Crippen molar-refractivity contribution in [3.63, 3.8) is 0 Å². The highest BCUT2D eigenvalue weighted by molar-refractivity contribution is 7.91. The van der Waals surface area contributed by atoms with E-state index in [2.05, 4.69) is 10.2 Å². The average Bonchev–Trinajstić information content (AvgIpc) is 2.72. The molecule has 10 heteroatoms. The third-order valence-electron chi connectivity index (χ3n) is 4.99. The molecule has 0 spiro atoms. The van der Waals surface area contributed by atoms with E-state index in [9.17, 15) is 30.8 Å². The molecule has 2 aromatic carbocycles. The number of carbonyl (C=O) groups is 1. The summed E-state index contributed by atoms with van der Waals surface area (Å²) in [7, 11) is -4.70. The molecular formula is C20H20F4N2O3S. The highest BCUT2D eigenvalue weighted by atomic mass is 32.2. The van der Waals surface area contributed by atoms with Gasteiger partial charge in [0.1, 0.15) is 0 Å². The van der Waals surface area contributed by atoms with Crippen LogP contribution in [-0.4, -0.2) is 44.1 Å². The first-order valence-corrected chi connectivity index (χ1v) is 10.8. The van der Waals surface area contributed by atoms with Crippen LogP contribution in [-0.2, 0) is 16.4 Å². The van der Waals surface area contributed by atoms with Crippen molar-refractivity contribution in [2.75, 3.05) is 13.1 Å². The molecule has 1 amide bonds. The van der Waals surface area contributed by atoms with E-state index in [1.54, 1.807) is 0 Å². The molecule has 5 nitrogen and oxygen atoms in total. The van der Waals surface area contributed by atoms with Crippen molar-refractivity contribution in [3.05, 3.63) is 65.2 Å². The van der Waals surface area contributed by atoms with Gasteiger partial charge in [0.2, 0.25) is 9.84 Å². The van der Waals surface area contributed by atoms with E-state index >= 15 is 0 Å². The van der Waals surface area contributed by atoms with Crippen molar-refractivity contribution >= 4 is 15.7 Å². The Balaban J connectivity index is 1.52. The second kappa shape index (κ2) is 9.13. The van der Waals surface area contributed by atoms with Crippen LogP contribution in [0.4, 0.5) is 17.6 Å². The van der Waals surface area contributed by atoms with Gasteiger partial charge in [-0.25, -0.2) is 17.2 Å². The van der Waals surface area contributed by atoms with Crippen molar-refractivity contribution in [1.82, 2.24) is 10.2 Å². The lowest BCUT2D eigenvalue weighted by atomic mass is 10.0. The maximum atomic E-state index is 13.3. The van der Waals surface area contributed by atoms with Crippen LogP contribution in [0.2, 0.25) is 0 Å². The fraction of sp³-hybridized carbons (Fsp3) is 0.350. The molecule has 1 heterocycles. The van der Waals surface area contributed by atoms with Crippen molar-refractivity contribution in [2.45, 2.75) is 36.1 Å². The Kier molecular flexibility index (Phi) is 6.77. The summed E-state index contributed by atoms with van der Waals surface area (Å²) in [5, 5.41) is 2.84. The normalized spacial score (nSPS) is 16.0. The Bertz CT molecular complexity index is 1010. The second-order valence-electron chi connectivity index (χ2n) is 7.10. The van der Waals surface area contributed by atoms with Gasteiger partial charge in [0.25, 0.3) is 5.91 Å². The maximum absolute atomic E-state index is 13.3. The zero-order valence-corrected chi connectivity index (χ0v) is 16.6. The minimum absolute atomic E-state index is 0.108. The van der Waals surface area contributed by atoms with Gasteiger partial charge >= 0.3 is 5.76 Å². The summed E-state index contributed by atoms with van der Waals surface area (Å²) in [5.41, 5.74) is 0.836. The lowest BCUT2D eigenvalue weighted by Gasteiger charge is -2.32. The average molecular weight is 444 g/mol. The van der Waals surface area contributed by atoms with Gasteiger partial charge in [-0.15, -0.1) is 0 Å². The number of piperidine rings is 1. The van der Waals surface area contributed by atoms with Gasteiger partial charge in [0, 0.05) is 31.2 Å². The summed E-state index contributed by atoms with van der Waals surface area (Å²) in [5.74, 6) is -5.72. The number of hydrogen-bond acceptors (Lipinski definition) is 4. The Morgan fingerprint density at radius 2 is 1.67 bits per heavy atom. The summed E-state index contributed by atoms with van der Waals surface area (Å²) in [4.78, 5) is 13.9. The zero-order valence-electron chi connectivity index (χ0n) is 15.8.